The number of nitrogens with zero attached hydrogens (tertiary/aromatic N) is 1. The second-order valence-electron chi connectivity index (χ2n) is 5.27. The van der Waals surface area contributed by atoms with Crippen LogP contribution >= 0.6 is 0 Å². The molecule has 2 aliphatic rings. The summed E-state index contributed by atoms with van der Waals surface area (Å²) in [6.07, 6.45) is 3.39. The first-order valence-electron chi connectivity index (χ1n) is 6.06. The highest BCUT2D eigenvalue weighted by Gasteiger charge is 2.40. The standard InChI is InChI=1S/C13H17NO2/c1-7(2)11-6-10-12(14-15)8-3-4-9(5-8)13(10)16-11/h6-9,15H,3-5H2,1-2H3/b14-12-. The van der Waals surface area contributed by atoms with Crippen LogP contribution in [0.5, 0.6) is 0 Å². The number of hydrogen-bond acceptors (Lipinski definition) is 3. The molecule has 0 saturated heterocycles. The van der Waals surface area contributed by atoms with Crippen molar-refractivity contribution in [3.63, 3.8) is 0 Å². The highest BCUT2D eigenvalue weighted by Crippen LogP contribution is 2.47. The van der Waals surface area contributed by atoms with Crippen molar-refractivity contribution in [2.45, 2.75) is 44.9 Å². The van der Waals surface area contributed by atoms with Crippen molar-refractivity contribution in [3.05, 3.63) is 23.2 Å². The molecule has 86 valence electrons. The van der Waals surface area contributed by atoms with Crippen LogP contribution in [-0.4, -0.2) is 10.9 Å². The molecule has 2 unspecified atom stereocenters. The lowest BCUT2D eigenvalue weighted by atomic mass is 9.86. The summed E-state index contributed by atoms with van der Waals surface area (Å²) in [5.41, 5.74) is 1.91. The van der Waals surface area contributed by atoms with Gasteiger partial charge in [-0.15, -0.1) is 0 Å². The lowest BCUT2D eigenvalue weighted by Crippen LogP contribution is -2.18. The minimum atomic E-state index is 0.393. The van der Waals surface area contributed by atoms with Gasteiger partial charge < -0.3 is 9.62 Å². The third-order valence-corrected chi connectivity index (χ3v) is 3.92. The minimum Gasteiger partial charge on any atom is -0.465 e. The predicted octanol–water partition coefficient (Wildman–Crippen LogP) is 3.48. The maximum atomic E-state index is 9.15. The summed E-state index contributed by atoms with van der Waals surface area (Å²) >= 11 is 0. The predicted molar refractivity (Wildman–Crippen MR) is 61.2 cm³/mol. The van der Waals surface area contributed by atoms with Gasteiger partial charge in [0.1, 0.15) is 11.5 Å². The quantitative estimate of drug-likeness (QED) is 0.580. The Labute approximate surface area is 95.1 Å². The molecule has 2 atom stereocenters. The van der Waals surface area contributed by atoms with Crippen LogP contribution in [0.15, 0.2) is 15.6 Å². The van der Waals surface area contributed by atoms with Gasteiger partial charge in [-0.25, -0.2) is 0 Å². The van der Waals surface area contributed by atoms with Crippen LogP contribution in [0.2, 0.25) is 0 Å². The van der Waals surface area contributed by atoms with Crippen LogP contribution in [0.4, 0.5) is 0 Å². The van der Waals surface area contributed by atoms with Crippen molar-refractivity contribution in [2.24, 2.45) is 11.1 Å². The Kier molecular flexibility index (Phi) is 2.09. The number of fused-ring (bicyclic) bond motifs is 4. The van der Waals surface area contributed by atoms with Crippen molar-refractivity contribution in [3.8, 4) is 0 Å². The molecule has 1 fully saturated rings. The Bertz CT molecular complexity index is 445. The second kappa shape index (κ2) is 3.37. The topological polar surface area (TPSA) is 45.7 Å². The molecule has 2 bridgehead atoms. The molecule has 2 aliphatic carbocycles. The van der Waals surface area contributed by atoms with Gasteiger partial charge in [0.25, 0.3) is 0 Å². The van der Waals surface area contributed by atoms with Gasteiger partial charge in [0.2, 0.25) is 0 Å². The van der Waals surface area contributed by atoms with Crippen LogP contribution in [0, 0.1) is 5.92 Å². The molecule has 1 aromatic rings. The van der Waals surface area contributed by atoms with E-state index in [-0.39, 0.29) is 0 Å². The zero-order valence-electron chi connectivity index (χ0n) is 9.73. The molecule has 16 heavy (non-hydrogen) atoms. The first-order valence-corrected chi connectivity index (χ1v) is 6.06. The molecule has 1 saturated carbocycles. The maximum Gasteiger partial charge on any atom is 0.116 e. The SMILES string of the molecule is CC(C)c1cc2c(o1)C1CCC(C1)/C2=N/O. The molecule has 1 N–H and O–H groups in total. The summed E-state index contributed by atoms with van der Waals surface area (Å²) in [7, 11) is 0. The monoisotopic (exact) mass is 219 g/mol. The van der Waals surface area contributed by atoms with Gasteiger partial charge in [0.15, 0.2) is 0 Å². The van der Waals surface area contributed by atoms with Gasteiger partial charge in [-0.2, -0.15) is 0 Å². The molecule has 0 aliphatic heterocycles. The van der Waals surface area contributed by atoms with Gasteiger partial charge in [-0.3, -0.25) is 0 Å². The Morgan fingerprint density at radius 1 is 1.38 bits per heavy atom. The summed E-state index contributed by atoms with van der Waals surface area (Å²) in [6, 6.07) is 2.07. The minimum absolute atomic E-state index is 0.393. The normalized spacial score (nSPS) is 30.1. The molecule has 1 heterocycles. The molecule has 1 aromatic heterocycles. The van der Waals surface area contributed by atoms with Gasteiger partial charge in [-0.05, 0) is 25.3 Å². The number of furan rings is 1. The van der Waals surface area contributed by atoms with Crippen LogP contribution in [-0.2, 0) is 0 Å². The Hall–Kier alpha value is -1.25. The second-order valence-corrected chi connectivity index (χ2v) is 5.27. The van der Waals surface area contributed by atoms with Gasteiger partial charge >= 0.3 is 0 Å². The van der Waals surface area contributed by atoms with Gasteiger partial charge in [0.05, 0.1) is 5.71 Å². The zero-order chi connectivity index (χ0) is 11.3. The summed E-state index contributed by atoms with van der Waals surface area (Å²) in [4.78, 5) is 0. The number of oxime groups is 1. The van der Waals surface area contributed by atoms with Crippen molar-refractivity contribution < 1.29 is 9.62 Å². The molecule has 0 aromatic carbocycles. The molecule has 3 heteroatoms. The molecule has 0 amide bonds. The largest absolute Gasteiger partial charge is 0.465 e. The lowest BCUT2D eigenvalue weighted by molar-refractivity contribution is 0.314. The van der Waals surface area contributed by atoms with E-state index in [1.165, 1.54) is 6.42 Å². The summed E-state index contributed by atoms with van der Waals surface area (Å²) in [6.45, 7) is 4.25. The van der Waals surface area contributed by atoms with E-state index in [9.17, 15) is 0 Å². The van der Waals surface area contributed by atoms with Gasteiger partial charge in [0, 0.05) is 23.3 Å². The third-order valence-electron chi connectivity index (χ3n) is 3.92. The van der Waals surface area contributed by atoms with E-state index in [1.807, 2.05) is 0 Å². The molecule has 3 nitrogen and oxygen atoms in total. The van der Waals surface area contributed by atoms with Crippen LogP contribution < -0.4 is 0 Å². The third kappa shape index (κ3) is 1.24. The number of rotatable bonds is 1. The highest BCUT2D eigenvalue weighted by molar-refractivity contribution is 6.04. The van der Waals surface area contributed by atoms with E-state index in [2.05, 4.69) is 25.1 Å². The fourth-order valence-electron chi connectivity index (χ4n) is 3.04. The van der Waals surface area contributed by atoms with Crippen LogP contribution in [0.1, 0.15) is 62.0 Å². The molecule has 0 spiro atoms. The number of hydrogen-bond donors (Lipinski definition) is 1. The summed E-state index contributed by atoms with van der Waals surface area (Å²) in [5, 5.41) is 12.6. The van der Waals surface area contributed by atoms with E-state index in [1.54, 1.807) is 0 Å². The highest BCUT2D eigenvalue weighted by atomic mass is 16.4. The Balaban J connectivity index is 2.13. The van der Waals surface area contributed by atoms with Crippen molar-refractivity contribution in [1.29, 1.82) is 0 Å². The van der Waals surface area contributed by atoms with E-state index in [4.69, 9.17) is 9.62 Å². The maximum absolute atomic E-state index is 9.15. The van der Waals surface area contributed by atoms with Crippen LogP contribution in [0.25, 0.3) is 0 Å². The fraction of sp³-hybridized carbons (Fsp3) is 0.615. The summed E-state index contributed by atoms with van der Waals surface area (Å²) in [5.74, 6) is 3.46. The first-order chi connectivity index (χ1) is 7.70. The lowest BCUT2D eigenvalue weighted by Gasteiger charge is -2.18. The smallest absolute Gasteiger partial charge is 0.116 e. The Morgan fingerprint density at radius 2 is 2.12 bits per heavy atom. The Morgan fingerprint density at radius 3 is 2.81 bits per heavy atom. The molecule has 0 radical (unpaired) electrons. The summed E-state index contributed by atoms with van der Waals surface area (Å²) < 4.78 is 5.94. The molecular weight excluding hydrogens is 202 g/mol. The van der Waals surface area contributed by atoms with Crippen LogP contribution in [0.3, 0.4) is 0 Å². The van der Waals surface area contributed by atoms with Crippen molar-refractivity contribution >= 4 is 5.71 Å². The zero-order valence-corrected chi connectivity index (χ0v) is 9.73. The van der Waals surface area contributed by atoms with Crippen molar-refractivity contribution in [2.75, 3.05) is 0 Å². The van der Waals surface area contributed by atoms with E-state index >= 15 is 0 Å². The average molecular weight is 219 g/mol. The first kappa shape index (κ1) is 9.94. The van der Waals surface area contributed by atoms with E-state index in [0.717, 1.165) is 35.6 Å². The fourth-order valence-corrected chi connectivity index (χ4v) is 3.04. The molecule has 3 rings (SSSR count). The van der Waals surface area contributed by atoms with E-state index in [0.29, 0.717) is 17.8 Å². The average Bonchev–Trinajstić information content (AvgIpc) is 2.84. The van der Waals surface area contributed by atoms with Crippen molar-refractivity contribution in [1.82, 2.24) is 0 Å². The van der Waals surface area contributed by atoms with E-state index < -0.39 is 0 Å². The van der Waals surface area contributed by atoms with Gasteiger partial charge in [-0.1, -0.05) is 19.0 Å². The molecular formula is C13H17NO2.